The summed E-state index contributed by atoms with van der Waals surface area (Å²) < 4.78 is 6.29. The summed E-state index contributed by atoms with van der Waals surface area (Å²) in [5.74, 6) is 1.33. The molecule has 1 amide bonds. The first-order valence-corrected chi connectivity index (χ1v) is 6.69. The van der Waals surface area contributed by atoms with Gasteiger partial charge < -0.3 is 10.1 Å². The number of hydrogen-bond acceptors (Lipinski definition) is 2. The maximum absolute atomic E-state index is 11.5. The van der Waals surface area contributed by atoms with Crippen LogP contribution >= 0.6 is 15.9 Å². The van der Waals surface area contributed by atoms with E-state index < -0.39 is 0 Å². The highest BCUT2D eigenvalue weighted by Crippen LogP contribution is 2.25. The van der Waals surface area contributed by atoms with Crippen LogP contribution in [0.1, 0.15) is 19.3 Å². The zero-order valence-electron chi connectivity index (χ0n) is 9.62. The molecule has 92 valence electrons. The van der Waals surface area contributed by atoms with Crippen molar-refractivity contribution in [2.24, 2.45) is 5.92 Å². The zero-order chi connectivity index (χ0) is 12.1. The van der Waals surface area contributed by atoms with Gasteiger partial charge in [-0.3, -0.25) is 4.79 Å². The molecule has 0 aromatic heterocycles. The van der Waals surface area contributed by atoms with Crippen molar-refractivity contribution in [3.8, 4) is 5.75 Å². The molecule has 0 bridgehead atoms. The Morgan fingerprint density at radius 3 is 2.82 bits per heavy atom. The van der Waals surface area contributed by atoms with Gasteiger partial charge in [0.05, 0.1) is 4.47 Å². The van der Waals surface area contributed by atoms with E-state index in [0.717, 1.165) is 11.0 Å². The lowest BCUT2D eigenvalue weighted by Crippen LogP contribution is -2.35. The summed E-state index contributed by atoms with van der Waals surface area (Å²) in [5.41, 5.74) is 0. The first-order chi connectivity index (χ1) is 8.25. The molecule has 2 rings (SSSR count). The van der Waals surface area contributed by atoms with Gasteiger partial charge in [0.2, 0.25) is 0 Å². The molecule has 1 aliphatic rings. The quantitative estimate of drug-likeness (QED) is 0.907. The number of para-hydroxylation sites is 1. The molecule has 0 saturated heterocycles. The first-order valence-electron chi connectivity index (χ1n) is 5.90. The molecule has 4 heteroatoms. The lowest BCUT2D eigenvalue weighted by molar-refractivity contribution is -0.123. The summed E-state index contributed by atoms with van der Waals surface area (Å²) in [7, 11) is 0. The standard InChI is InChI=1S/C13H16BrNO2/c14-11-6-1-2-7-12(11)17-9-13(16)15-8-10-4-3-5-10/h1-2,6-7,10H,3-5,8-9H2,(H,15,16). The summed E-state index contributed by atoms with van der Waals surface area (Å²) in [6, 6.07) is 7.52. The lowest BCUT2D eigenvalue weighted by Gasteiger charge is -2.25. The van der Waals surface area contributed by atoms with Crippen molar-refractivity contribution in [2.75, 3.05) is 13.2 Å². The molecule has 1 aromatic carbocycles. The van der Waals surface area contributed by atoms with Gasteiger partial charge in [0.25, 0.3) is 5.91 Å². The van der Waals surface area contributed by atoms with E-state index in [4.69, 9.17) is 4.74 Å². The number of benzene rings is 1. The summed E-state index contributed by atoms with van der Waals surface area (Å²) in [6.07, 6.45) is 3.78. The molecule has 17 heavy (non-hydrogen) atoms. The number of carbonyl (C=O) groups excluding carboxylic acids is 1. The summed E-state index contributed by atoms with van der Waals surface area (Å²) in [4.78, 5) is 11.5. The van der Waals surface area contributed by atoms with Crippen LogP contribution in [0.25, 0.3) is 0 Å². The predicted octanol–water partition coefficient (Wildman–Crippen LogP) is 2.74. The summed E-state index contributed by atoms with van der Waals surface area (Å²) in [6.45, 7) is 0.869. The number of carbonyl (C=O) groups is 1. The second-order valence-electron chi connectivity index (χ2n) is 4.32. The number of hydrogen-bond donors (Lipinski definition) is 1. The average Bonchev–Trinajstić information content (AvgIpc) is 2.26. The molecule has 0 spiro atoms. The minimum Gasteiger partial charge on any atom is -0.483 e. The Hall–Kier alpha value is -1.03. The Morgan fingerprint density at radius 1 is 1.41 bits per heavy atom. The highest BCUT2D eigenvalue weighted by molar-refractivity contribution is 9.10. The van der Waals surface area contributed by atoms with Crippen LogP contribution in [0.15, 0.2) is 28.7 Å². The van der Waals surface area contributed by atoms with E-state index in [1.165, 1.54) is 19.3 Å². The highest BCUT2D eigenvalue weighted by Gasteiger charge is 2.17. The van der Waals surface area contributed by atoms with E-state index in [0.29, 0.717) is 11.7 Å². The van der Waals surface area contributed by atoms with Gasteiger partial charge >= 0.3 is 0 Å². The van der Waals surface area contributed by atoms with Crippen molar-refractivity contribution in [3.05, 3.63) is 28.7 Å². The molecule has 1 saturated carbocycles. The van der Waals surface area contributed by atoms with Gasteiger partial charge in [0.1, 0.15) is 5.75 Å². The van der Waals surface area contributed by atoms with Gasteiger partial charge in [-0.1, -0.05) is 18.6 Å². The SMILES string of the molecule is O=C(COc1ccccc1Br)NCC1CCC1. The molecule has 1 N–H and O–H groups in total. The van der Waals surface area contributed by atoms with Crippen molar-refractivity contribution in [3.63, 3.8) is 0 Å². The number of amides is 1. The largest absolute Gasteiger partial charge is 0.483 e. The first kappa shape index (κ1) is 12.4. The number of rotatable bonds is 5. The zero-order valence-corrected chi connectivity index (χ0v) is 11.2. The van der Waals surface area contributed by atoms with Crippen LogP contribution in [0.5, 0.6) is 5.75 Å². The third-order valence-electron chi connectivity index (χ3n) is 3.01. The smallest absolute Gasteiger partial charge is 0.257 e. The molecule has 0 aliphatic heterocycles. The van der Waals surface area contributed by atoms with Crippen molar-refractivity contribution in [1.82, 2.24) is 5.32 Å². The Labute approximate surface area is 110 Å². The van der Waals surface area contributed by atoms with Crippen molar-refractivity contribution in [2.45, 2.75) is 19.3 Å². The van der Waals surface area contributed by atoms with E-state index in [2.05, 4.69) is 21.2 Å². The Balaban J connectivity index is 1.70. The van der Waals surface area contributed by atoms with Gasteiger partial charge in [0, 0.05) is 6.54 Å². The maximum atomic E-state index is 11.5. The van der Waals surface area contributed by atoms with Crippen LogP contribution in [0.4, 0.5) is 0 Å². The van der Waals surface area contributed by atoms with Gasteiger partial charge in [-0.25, -0.2) is 0 Å². The van der Waals surface area contributed by atoms with Crippen LogP contribution in [-0.4, -0.2) is 19.1 Å². The Bertz CT molecular complexity index is 391. The van der Waals surface area contributed by atoms with E-state index in [1.807, 2.05) is 24.3 Å². The normalized spacial score (nSPS) is 15.1. The van der Waals surface area contributed by atoms with Crippen molar-refractivity contribution >= 4 is 21.8 Å². The Kier molecular flexibility index (Phi) is 4.42. The van der Waals surface area contributed by atoms with Crippen LogP contribution in [-0.2, 0) is 4.79 Å². The van der Waals surface area contributed by atoms with Crippen LogP contribution < -0.4 is 10.1 Å². The van der Waals surface area contributed by atoms with Crippen LogP contribution in [0, 0.1) is 5.92 Å². The molecule has 1 fully saturated rings. The van der Waals surface area contributed by atoms with E-state index >= 15 is 0 Å². The molecular formula is C13H16BrNO2. The number of ether oxygens (including phenoxy) is 1. The minimum absolute atomic E-state index is 0.0485. The maximum Gasteiger partial charge on any atom is 0.257 e. The predicted molar refractivity (Wildman–Crippen MR) is 70.0 cm³/mol. The molecule has 1 aliphatic carbocycles. The van der Waals surface area contributed by atoms with E-state index in [-0.39, 0.29) is 12.5 Å². The second kappa shape index (κ2) is 6.05. The van der Waals surface area contributed by atoms with Crippen molar-refractivity contribution in [1.29, 1.82) is 0 Å². The van der Waals surface area contributed by atoms with Gasteiger partial charge in [0.15, 0.2) is 6.61 Å². The fraction of sp³-hybridized carbons (Fsp3) is 0.462. The lowest BCUT2D eigenvalue weighted by atomic mass is 9.85. The summed E-state index contributed by atoms with van der Waals surface area (Å²) in [5, 5.41) is 2.90. The highest BCUT2D eigenvalue weighted by atomic mass is 79.9. The van der Waals surface area contributed by atoms with E-state index in [1.54, 1.807) is 0 Å². The van der Waals surface area contributed by atoms with Gasteiger partial charge in [-0.15, -0.1) is 0 Å². The van der Waals surface area contributed by atoms with Gasteiger partial charge in [-0.05, 0) is 46.8 Å². The molecular weight excluding hydrogens is 282 g/mol. The molecule has 0 radical (unpaired) electrons. The minimum atomic E-state index is -0.0485. The third-order valence-corrected chi connectivity index (χ3v) is 3.66. The molecule has 0 unspecified atom stereocenters. The van der Waals surface area contributed by atoms with E-state index in [9.17, 15) is 4.79 Å². The van der Waals surface area contributed by atoms with Crippen LogP contribution in [0.2, 0.25) is 0 Å². The Morgan fingerprint density at radius 2 is 2.18 bits per heavy atom. The third kappa shape index (κ3) is 3.73. The monoisotopic (exact) mass is 297 g/mol. The fourth-order valence-corrected chi connectivity index (χ4v) is 2.11. The van der Waals surface area contributed by atoms with Crippen LogP contribution in [0.3, 0.4) is 0 Å². The van der Waals surface area contributed by atoms with Crippen molar-refractivity contribution < 1.29 is 9.53 Å². The topological polar surface area (TPSA) is 38.3 Å². The molecule has 3 nitrogen and oxygen atoms in total. The molecule has 0 atom stereocenters. The number of nitrogens with one attached hydrogen (secondary N) is 1. The molecule has 0 heterocycles. The summed E-state index contributed by atoms with van der Waals surface area (Å²) >= 11 is 3.37. The number of halogens is 1. The average molecular weight is 298 g/mol. The van der Waals surface area contributed by atoms with Gasteiger partial charge in [-0.2, -0.15) is 0 Å². The fourth-order valence-electron chi connectivity index (χ4n) is 1.71. The second-order valence-corrected chi connectivity index (χ2v) is 5.17. The molecule has 1 aromatic rings.